The van der Waals surface area contributed by atoms with E-state index in [-0.39, 0.29) is 0 Å². The zero-order valence-corrected chi connectivity index (χ0v) is 12.8. The van der Waals surface area contributed by atoms with Gasteiger partial charge in [0.2, 0.25) is 5.95 Å². The minimum Gasteiger partial charge on any atom is -0.355 e. The number of aromatic nitrogens is 2. The Balaban J connectivity index is 2.79. The van der Waals surface area contributed by atoms with Crippen LogP contribution < -0.4 is 10.2 Å². The Morgan fingerprint density at radius 1 is 1.26 bits per heavy atom. The Bertz CT molecular complexity index is 365. The molecule has 1 aromatic rings. The van der Waals surface area contributed by atoms with E-state index < -0.39 is 0 Å². The lowest BCUT2D eigenvalue weighted by Crippen LogP contribution is -2.35. The molecule has 1 rings (SSSR count). The van der Waals surface area contributed by atoms with E-state index in [1.807, 2.05) is 19.2 Å². The molecule has 0 amide bonds. The topological polar surface area (TPSA) is 44.3 Å². The van der Waals surface area contributed by atoms with E-state index in [9.17, 15) is 0 Å². The number of nitrogens with zero attached hydrogens (tertiary/aromatic N) is 4. The lowest BCUT2D eigenvalue weighted by atomic mass is 10.2. The van der Waals surface area contributed by atoms with Crippen LogP contribution in [0.25, 0.3) is 0 Å². The summed E-state index contributed by atoms with van der Waals surface area (Å²) >= 11 is 0. The molecule has 0 aliphatic heterocycles. The Morgan fingerprint density at radius 2 is 2.00 bits per heavy atom. The Labute approximate surface area is 117 Å². The Kier molecular flexibility index (Phi) is 6.56. The first-order valence-corrected chi connectivity index (χ1v) is 6.99. The zero-order valence-electron chi connectivity index (χ0n) is 12.8. The average Bonchev–Trinajstić information content (AvgIpc) is 2.34. The summed E-state index contributed by atoms with van der Waals surface area (Å²) in [4.78, 5) is 13.3. The van der Waals surface area contributed by atoms with E-state index in [1.54, 1.807) is 0 Å². The van der Waals surface area contributed by atoms with Gasteiger partial charge < -0.3 is 15.1 Å². The zero-order chi connectivity index (χ0) is 14.3. The Morgan fingerprint density at radius 3 is 2.58 bits per heavy atom. The van der Waals surface area contributed by atoms with Gasteiger partial charge in [-0.3, -0.25) is 0 Å². The van der Waals surface area contributed by atoms with Crippen molar-refractivity contribution < 1.29 is 0 Å². The maximum atomic E-state index is 4.58. The molecular weight excluding hydrogens is 238 g/mol. The fraction of sp³-hybridized carbons (Fsp3) is 0.714. The van der Waals surface area contributed by atoms with Crippen LogP contribution in [0.1, 0.15) is 20.8 Å². The summed E-state index contributed by atoms with van der Waals surface area (Å²) in [6.07, 6.45) is 1.82. The minimum atomic E-state index is 0.611. The van der Waals surface area contributed by atoms with Crippen molar-refractivity contribution in [3.8, 4) is 0 Å². The van der Waals surface area contributed by atoms with Crippen molar-refractivity contribution in [2.24, 2.45) is 5.92 Å². The van der Waals surface area contributed by atoms with Crippen molar-refractivity contribution in [3.63, 3.8) is 0 Å². The molecule has 1 heterocycles. The highest BCUT2D eigenvalue weighted by molar-refractivity contribution is 5.42. The summed E-state index contributed by atoms with van der Waals surface area (Å²) in [6.45, 7) is 10.4. The number of hydrogen-bond donors (Lipinski definition) is 1. The molecule has 0 unspecified atom stereocenters. The Hall–Kier alpha value is -1.36. The first-order chi connectivity index (χ1) is 9.02. The molecule has 0 radical (unpaired) electrons. The average molecular weight is 265 g/mol. The third-order valence-electron chi connectivity index (χ3n) is 2.70. The first kappa shape index (κ1) is 15.7. The molecule has 0 saturated heterocycles. The minimum absolute atomic E-state index is 0.611. The molecule has 1 N–H and O–H groups in total. The van der Waals surface area contributed by atoms with Gasteiger partial charge in [0, 0.05) is 32.4 Å². The number of anilines is 2. The second-order valence-corrected chi connectivity index (χ2v) is 5.41. The molecule has 0 bridgehead atoms. The van der Waals surface area contributed by atoms with Gasteiger partial charge in [0.15, 0.2) is 0 Å². The molecular formula is C14H27N5. The fourth-order valence-corrected chi connectivity index (χ4v) is 1.83. The molecule has 0 aliphatic carbocycles. The maximum Gasteiger partial charge on any atom is 0.224 e. The lowest BCUT2D eigenvalue weighted by molar-refractivity contribution is 0.408. The SMILES string of the molecule is CCNc1nccc(N(CCN(C)C)CC(C)C)n1. The van der Waals surface area contributed by atoms with Crippen molar-refractivity contribution in [2.75, 3.05) is 50.5 Å². The predicted octanol–water partition coefficient (Wildman–Crippen LogP) is 1.93. The first-order valence-electron chi connectivity index (χ1n) is 6.99. The van der Waals surface area contributed by atoms with Crippen LogP contribution in [0.5, 0.6) is 0 Å². The monoisotopic (exact) mass is 265 g/mol. The molecule has 1 aromatic heterocycles. The molecule has 5 heteroatoms. The highest BCUT2D eigenvalue weighted by Gasteiger charge is 2.11. The van der Waals surface area contributed by atoms with Crippen molar-refractivity contribution >= 4 is 11.8 Å². The number of likely N-dealkylation sites (N-methyl/N-ethyl adjacent to an activating group) is 1. The van der Waals surface area contributed by atoms with E-state index in [2.05, 4.69) is 53.0 Å². The number of rotatable bonds is 8. The highest BCUT2D eigenvalue weighted by atomic mass is 15.2. The summed E-state index contributed by atoms with van der Waals surface area (Å²) in [5, 5.41) is 3.16. The number of nitrogens with one attached hydrogen (secondary N) is 1. The smallest absolute Gasteiger partial charge is 0.224 e. The molecule has 0 saturated carbocycles. The van der Waals surface area contributed by atoms with Gasteiger partial charge in [0.05, 0.1) is 0 Å². The van der Waals surface area contributed by atoms with Crippen LogP contribution in [0.4, 0.5) is 11.8 Å². The molecule has 5 nitrogen and oxygen atoms in total. The van der Waals surface area contributed by atoms with Gasteiger partial charge in [-0.1, -0.05) is 13.8 Å². The van der Waals surface area contributed by atoms with E-state index in [1.165, 1.54) is 0 Å². The quantitative estimate of drug-likeness (QED) is 0.778. The van der Waals surface area contributed by atoms with E-state index in [0.717, 1.165) is 32.0 Å². The largest absolute Gasteiger partial charge is 0.355 e. The summed E-state index contributed by atoms with van der Waals surface area (Å²) in [6, 6.07) is 1.98. The molecule has 19 heavy (non-hydrogen) atoms. The van der Waals surface area contributed by atoms with Crippen molar-refractivity contribution in [1.82, 2.24) is 14.9 Å². The van der Waals surface area contributed by atoms with Crippen LogP contribution >= 0.6 is 0 Å². The predicted molar refractivity (Wildman–Crippen MR) is 81.8 cm³/mol. The summed E-state index contributed by atoms with van der Waals surface area (Å²) in [7, 11) is 4.19. The highest BCUT2D eigenvalue weighted by Crippen LogP contribution is 2.14. The van der Waals surface area contributed by atoms with Gasteiger partial charge in [0.25, 0.3) is 0 Å². The van der Waals surface area contributed by atoms with Gasteiger partial charge in [0.1, 0.15) is 5.82 Å². The van der Waals surface area contributed by atoms with Crippen LogP contribution in [-0.2, 0) is 0 Å². The molecule has 0 aliphatic rings. The molecule has 0 atom stereocenters. The van der Waals surface area contributed by atoms with Gasteiger partial charge >= 0.3 is 0 Å². The van der Waals surface area contributed by atoms with Crippen molar-refractivity contribution in [1.29, 1.82) is 0 Å². The van der Waals surface area contributed by atoms with E-state index in [0.29, 0.717) is 11.9 Å². The van der Waals surface area contributed by atoms with Crippen LogP contribution in [0.3, 0.4) is 0 Å². The van der Waals surface area contributed by atoms with E-state index >= 15 is 0 Å². The van der Waals surface area contributed by atoms with Crippen LogP contribution in [-0.4, -0.2) is 55.1 Å². The summed E-state index contributed by atoms with van der Waals surface area (Å²) < 4.78 is 0. The van der Waals surface area contributed by atoms with Gasteiger partial charge in [-0.05, 0) is 33.0 Å². The third kappa shape index (κ3) is 5.87. The van der Waals surface area contributed by atoms with E-state index in [4.69, 9.17) is 0 Å². The summed E-state index contributed by atoms with van der Waals surface area (Å²) in [5.74, 6) is 2.32. The van der Waals surface area contributed by atoms with Crippen LogP contribution in [0, 0.1) is 5.92 Å². The molecule has 0 aromatic carbocycles. The second kappa shape index (κ2) is 7.94. The third-order valence-corrected chi connectivity index (χ3v) is 2.70. The van der Waals surface area contributed by atoms with Gasteiger partial charge in [-0.2, -0.15) is 4.98 Å². The normalized spacial score (nSPS) is 11.1. The van der Waals surface area contributed by atoms with Crippen molar-refractivity contribution in [3.05, 3.63) is 12.3 Å². The molecule has 0 fully saturated rings. The second-order valence-electron chi connectivity index (χ2n) is 5.41. The van der Waals surface area contributed by atoms with Crippen LogP contribution in [0.2, 0.25) is 0 Å². The standard InChI is InChI=1S/C14H27N5/c1-6-15-14-16-8-7-13(17-14)19(11-12(2)3)10-9-18(4)5/h7-8,12H,6,9-11H2,1-5H3,(H,15,16,17). The van der Waals surface area contributed by atoms with Crippen LogP contribution in [0.15, 0.2) is 12.3 Å². The fourth-order valence-electron chi connectivity index (χ4n) is 1.83. The summed E-state index contributed by atoms with van der Waals surface area (Å²) in [5.41, 5.74) is 0. The maximum absolute atomic E-state index is 4.58. The van der Waals surface area contributed by atoms with Gasteiger partial charge in [-0.25, -0.2) is 4.98 Å². The van der Waals surface area contributed by atoms with Gasteiger partial charge in [-0.15, -0.1) is 0 Å². The molecule has 0 spiro atoms. The lowest BCUT2D eigenvalue weighted by Gasteiger charge is -2.27. The number of hydrogen-bond acceptors (Lipinski definition) is 5. The molecule has 108 valence electrons. The van der Waals surface area contributed by atoms with Crippen molar-refractivity contribution in [2.45, 2.75) is 20.8 Å².